The van der Waals surface area contributed by atoms with E-state index in [0.29, 0.717) is 19.1 Å². The summed E-state index contributed by atoms with van der Waals surface area (Å²) < 4.78 is 11.8. The van der Waals surface area contributed by atoms with E-state index in [1.807, 2.05) is 30.0 Å². The number of benzene rings is 1. The van der Waals surface area contributed by atoms with Gasteiger partial charge in [-0.25, -0.2) is 4.79 Å². The Morgan fingerprint density at radius 2 is 2.08 bits per heavy atom. The van der Waals surface area contributed by atoms with Crippen LogP contribution in [0, 0.1) is 18.8 Å². The quantitative estimate of drug-likeness (QED) is 0.894. The van der Waals surface area contributed by atoms with E-state index in [-0.39, 0.29) is 12.1 Å². The number of carbonyl (C=O) groups is 1. The molecular weight excluding hydrogens is 328 g/mol. The molecule has 0 radical (unpaired) electrons. The first-order chi connectivity index (χ1) is 12.6. The van der Waals surface area contributed by atoms with Crippen LogP contribution in [0.15, 0.2) is 28.7 Å². The Hall–Kier alpha value is -2.01. The molecule has 0 spiro atoms. The zero-order valence-corrected chi connectivity index (χ0v) is 15.7. The van der Waals surface area contributed by atoms with Crippen molar-refractivity contribution in [2.75, 3.05) is 26.3 Å². The number of nitrogens with zero attached hydrogens (tertiary/aromatic N) is 1. The summed E-state index contributed by atoms with van der Waals surface area (Å²) in [5, 5.41) is 4.24. The smallest absolute Gasteiger partial charge is 0.318 e. The lowest BCUT2D eigenvalue weighted by atomic mass is 9.76. The van der Waals surface area contributed by atoms with Gasteiger partial charge in [0.2, 0.25) is 0 Å². The molecule has 26 heavy (non-hydrogen) atoms. The number of carbonyl (C=O) groups excluding carboxylic acids is 1. The van der Waals surface area contributed by atoms with Crippen LogP contribution in [0.25, 0.3) is 11.0 Å². The van der Waals surface area contributed by atoms with Gasteiger partial charge in [-0.05, 0) is 25.8 Å². The van der Waals surface area contributed by atoms with E-state index >= 15 is 0 Å². The van der Waals surface area contributed by atoms with Crippen molar-refractivity contribution >= 4 is 17.0 Å². The van der Waals surface area contributed by atoms with Crippen molar-refractivity contribution in [3.8, 4) is 0 Å². The minimum absolute atomic E-state index is 0.0211. The zero-order chi connectivity index (χ0) is 18.1. The number of hydrogen-bond donors (Lipinski definition) is 1. The first-order valence-electron chi connectivity index (χ1n) is 9.74. The molecule has 1 N–H and O–H groups in total. The van der Waals surface area contributed by atoms with Crippen molar-refractivity contribution in [3.05, 3.63) is 35.6 Å². The largest absolute Gasteiger partial charge is 0.459 e. The van der Waals surface area contributed by atoms with Crippen LogP contribution >= 0.6 is 0 Å². The summed E-state index contributed by atoms with van der Waals surface area (Å²) >= 11 is 0. The number of furan rings is 1. The third-order valence-electron chi connectivity index (χ3n) is 6.01. The monoisotopic (exact) mass is 356 g/mol. The molecule has 1 aliphatic heterocycles. The normalized spacial score (nSPS) is 22.7. The van der Waals surface area contributed by atoms with Crippen molar-refractivity contribution in [3.63, 3.8) is 0 Å². The van der Waals surface area contributed by atoms with Crippen molar-refractivity contribution in [2.45, 2.75) is 39.2 Å². The molecule has 2 amide bonds. The van der Waals surface area contributed by atoms with Crippen LogP contribution < -0.4 is 5.32 Å². The molecule has 1 saturated carbocycles. The highest BCUT2D eigenvalue weighted by atomic mass is 16.5. The lowest BCUT2D eigenvalue weighted by Crippen LogP contribution is -2.45. The summed E-state index contributed by atoms with van der Waals surface area (Å²) in [7, 11) is 0. The second-order valence-corrected chi connectivity index (χ2v) is 7.73. The molecular formula is C21H28N2O3. The fraction of sp³-hybridized carbons (Fsp3) is 0.571. The molecule has 4 rings (SSSR count). The zero-order valence-electron chi connectivity index (χ0n) is 15.7. The van der Waals surface area contributed by atoms with Gasteiger partial charge in [-0.1, -0.05) is 37.5 Å². The van der Waals surface area contributed by atoms with E-state index in [4.69, 9.17) is 9.15 Å². The predicted molar refractivity (Wildman–Crippen MR) is 101 cm³/mol. The first-order valence-corrected chi connectivity index (χ1v) is 9.74. The third kappa shape index (κ3) is 3.32. The Morgan fingerprint density at radius 3 is 2.81 bits per heavy atom. The van der Waals surface area contributed by atoms with Crippen LogP contribution in [-0.2, 0) is 4.74 Å². The Kier molecular flexibility index (Phi) is 4.90. The third-order valence-corrected chi connectivity index (χ3v) is 6.01. The number of ether oxygens (including phenoxy) is 1. The number of hydrogen-bond acceptors (Lipinski definition) is 3. The first kappa shape index (κ1) is 17.4. The molecule has 140 valence electrons. The minimum atomic E-state index is -0.166. The molecule has 2 atom stereocenters. The van der Waals surface area contributed by atoms with Crippen LogP contribution in [0.2, 0.25) is 0 Å². The van der Waals surface area contributed by atoms with Gasteiger partial charge in [-0.15, -0.1) is 0 Å². The van der Waals surface area contributed by atoms with Crippen LogP contribution in [0.3, 0.4) is 0 Å². The van der Waals surface area contributed by atoms with Gasteiger partial charge < -0.3 is 19.4 Å². The van der Waals surface area contributed by atoms with E-state index in [1.54, 1.807) is 0 Å². The van der Waals surface area contributed by atoms with Crippen molar-refractivity contribution in [2.24, 2.45) is 11.8 Å². The van der Waals surface area contributed by atoms with Crippen LogP contribution in [0.5, 0.6) is 0 Å². The predicted octanol–water partition coefficient (Wildman–Crippen LogP) is 4.26. The average Bonchev–Trinajstić information content (AvgIpc) is 2.77. The number of urea groups is 1. The van der Waals surface area contributed by atoms with Crippen LogP contribution in [0.4, 0.5) is 4.79 Å². The number of para-hydroxylation sites is 1. The summed E-state index contributed by atoms with van der Waals surface area (Å²) in [5.74, 6) is 2.03. The molecule has 2 aliphatic rings. The number of rotatable bonds is 3. The Morgan fingerprint density at radius 1 is 1.27 bits per heavy atom. The summed E-state index contributed by atoms with van der Waals surface area (Å²) in [6, 6.07) is 7.82. The molecule has 5 nitrogen and oxygen atoms in total. The second kappa shape index (κ2) is 7.31. The standard InChI is InChI=1S/C21H28N2O3/c1-14-18-8-3-4-9-19(18)26-20(14)15(2)22-21(24)23-10-11-25-13-17(12-23)16-6-5-7-16/h3-4,8-9,15-17H,5-7,10-13H2,1-2H3,(H,22,24)/t15-,17?/m1/s1. The van der Waals surface area contributed by atoms with E-state index in [9.17, 15) is 4.79 Å². The van der Waals surface area contributed by atoms with Gasteiger partial charge in [-0.2, -0.15) is 0 Å². The molecule has 2 heterocycles. The Labute approximate surface area is 154 Å². The van der Waals surface area contributed by atoms with E-state index < -0.39 is 0 Å². The molecule has 2 fully saturated rings. The average molecular weight is 356 g/mol. The summed E-state index contributed by atoms with van der Waals surface area (Å²) in [6.07, 6.45) is 3.87. The molecule has 1 aromatic carbocycles. The van der Waals surface area contributed by atoms with Gasteiger partial charge in [0, 0.05) is 30.0 Å². The maximum atomic E-state index is 12.9. The minimum Gasteiger partial charge on any atom is -0.459 e. The number of aryl methyl sites for hydroxylation is 1. The van der Waals surface area contributed by atoms with Crippen LogP contribution in [0.1, 0.15) is 43.6 Å². The van der Waals surface area contributed by atoms with Gasteiger partial charge in [0.05, 0.1) is 19.3 Å². The topological polar surface area (TPSA) is 54.7 Å². The van der Waals surface area contributed by atoms with Crippen molar-refractivity contribution < 1.29 is 13.9 Å². The molecule has 1 aromatic heterocycles. The lowest BCUT2D eigenvalue weighted by Gasteiger charge is -2.35. The van der Waals surface area contributed by atoms with Crippen molar-refractivity contribution in [1.82, 2.24) is 10.2 Å². The maximum Gasteiger partial charge on any atom is 0.318 e. The van der Waals surface area contributed by atoms with Crippen LogP contribution in [-0.4, -0.2) is 37.2 Å². The molecule has 1 aliphatic carbocycles. The highest BCUT2D eigenvalue weighted by molar-refractivity contribution is 5.82. The molecule has 1 saturated heterocycles. The summed E-state index contributed by atoms with van der Waals surface area (Å²) in [6.45, 7) is 6.89. The summed E-state index contributed by atoms with van der Waals surface area (Å²) in [5.41, 5.74) is 1.97. The number of amides is 2. The maximum absolute atomic E-state index is 12.9. The highest BCUT2D eigenvalue weighted by Crippen LogP contribution is 2.35. The summed E-state index contributed by atoms with van der Waals surface area (Å²) in [4.78, 5) is 14.8. The number of fused-ring (bicyclic) bond motifs is 1. The Balaban J connectivity index is 1.44. The Bertz CT molecular complexity index is 781. The van der Waals surface area contributed by atoms with E-state index in [2.05, 4.69) is 18.3 Å². The van der Waals surface area contributed by atoms with Gasteiger partial charge in [0.15, 0.2) is 0 Å². The van der Waals surface area contributed by atoms with Gasteiger partial charge in [-0.3, -0.25) is 0 Å². The molecule has 2 aromatic rings. The lowest BCUT2D eigenvalue weighted by molar-refractivity contribution is 0.0775. The second-order valence-electron chi connectivity index (χ2n) is 7.73. The SMILES string of the molecule is Cc1c([C@@H](C)NC(=O)N2CCOCC(C3CCC3)C2)oc2ccccc12. The van der Waals surface area contributed by atoms with E-state index in [0.717, 1.165) is 41.4 Å². The van der Waals surface area contributed by atoms with Gasteiger partial charge >= 0.3 is 6.03 Å². The fourth-order valence-electron chi connectivity index (χ4n) is 4.17. The van der Waals surface area contributed by atoms with Gasteiger partial charge in [0.1, 0.15) is 11.3 Å². The van der Waals surface area contributed by atoms with Crippen molar-refractivity contribution in [1.29, 1.82) is 0 Å². The van der Waals surface area contributed by atoms with Gasteiger partial charge in [0.25, 0.3) is 0 Å². The molecule has 0 bridgehead atoms. The highest BCUT2D eigenvalue weighted by Gasteiger charge is 2.32. The molecule has 5 heteroatoms. The number of nitrogens with one attached hydrogen (secondary N) is 1. The molecule has 1 unspecified atom stereocenters. The van der Waals surface area contributed by atoms with E-state index in [1.165, 1.54) is 19.3 Å². The fourth-order valence-corrected chi connectivity index (χ4v) is 4.17.